The second kappa shape index (κ2) is 5.72. The Morgan fingerprint density at radius 1 is 1.16 bits per heavy atom. The molecular weight excluding hydrogens is 258 g/mol. The van der Waals surface area contributed by atoms with Gasteiger partial charge in [-0.15, -0.1) is 0 Å². The summed E-state index contributed by atoms with van der Waals surface area (Å²) in [5.74, 6) is 1.02. The Morgan fingerprint density at radius 2 is 1.68 bits per heavy atom. The molecule has 1 fully saturated rings. The lowest BCUT2D eigenvalue weighted by molar-refractivity contribution is 0.222. The number of rotatable bonds is 7. The minimum atomic E-state index is -2.92. The van der Waals surface area contributed by atoms with E-state index in [1.165, 1.54) is 12.8 Å². The van der Waals surface area contributed by atoms with Gasteiger partial charge in [-0.3, -0.25) is 0 Å². The van der Waals surface area contributed by atoms with Crippen molar-refractivity contribution in [2.75, 3.05) is 12.3 Å². The van der Waals surface area contributed by atoms with E-state index < -0.39 is 9.84 Å². The van der Waals surface area contributed by atoms with Crippen LogP contribution in [0.25, 0.3) is 0 Å². The molecule has 1 aliphatic carbocycles. The van der Waals surface area contributed by atoms with Gasteiger partial charge >= 0.3 is 0 Å². The molecule has 1 rings (SSSR count). The van der Waals surface area contributed by atoms with Crippen molar-refractivity contribution in [2.45, 2.75) is 71.6 Å². The SMILES string of the molecule is CC(C)S(=O)(=O)CCC(C)(CNC(C)(C)C)C1CC1. The summed E-state index contributed by atoms with van der Waals surface area (Å²) in [6.07, 6.45) is 3.29. The predicted molar refractivity (Wildman–Crippen MR) is 82.1 cm³/mol. The second-order valence-corrected chi connectivity index (χ2v) is 10.4. The minimum absolute atomic E-state index is 0.0904. The van der Waals surface area contributed by atoms with Crippen LogP contribution in [0.4, 0.5) is 0 Å². The molecule has 1 saturated carbocycles. The third-order valence-corrected chi connectivity index (χ3v) is 6.47. The van der Waals surface area contributed by atoms with Gasteiger partial charge in [-0.05, 0) is 65.2 Å². The van der Waals surface area contributed by atoms with Gasteiger partial charge in [0.05, 0.1) is 11.0 Å². The number of sulfone groups is 1. The quantitative estimate of drug-likeness (QED) is 0.783. The van der Waals surface area contributed by atoms with E-state index >= 15 is 0 Å². The molecule has 3 nitrogen and oxygen atoms in total. The van der Waals surface area contributed by atoms with Crippen LogP contribution < -0.4 is 5.32 Å². The molecule has 1 aliphatic rings. The van der Waals surface area contributed by atoms with Crippen molar-refractivity contribution in [2.24, 2.45) is 11.3 Å². The van der Waals surface area contributed by atoms with E-state index in [-0.39, 0.29) is 16.2 Å². The summed E-state index contributed by atoms with van der Waals surface area (Å²) in [5, 5.41) is 3.30. The average molecular weight is 289 g/mol. The van der Waals surface area contributed by atoms with Crippen LogP contribution in [0.3, 0.4) is 0 Å². The van der Waals surface area contributed by atoms with Crippen LogP contribution in [-0.4, -0.2) is 31.5 Å². The molecule has 0 aliphatic heterocycles. The predicted octanol–water partition coefficient (Wildman–Crippen LogP) is 3.00. The zero-order valence-electron chi connectivity index (χ0n) is 13.4. The zero-order chi connectivity index (χ0) is 14.9. The van der Waals surface area contributed by atoms with E-state index in [1.54, 1.807) is 13.8 Å². The number of hydrogen-bond acceptors (Lipinski definition) is 3. The normalized spacial score (nSPS) is 20.6. The zero-order valence-corrected chi connectivity index (χ0v) is 14.2. The lowest BCUT2D eigenvalue weighted by atomic mass is 9.81. The molecule has 1 N–H and O–H groups in total. The topological polar surface area (TPSA) is 46.2 Å². The number of hydrogen-bond donors (Lipinski definition) is 1. The van der Waals surface area contributed by atoms with E-state index in [4.69, 9.17) is 0 Å². The fraction of sp³-hybridized carbons (Fsp3) is 1.00. The molecule has 0 aromatic rings. The first-order chi connectivity index (χ1) is 8.46. The first-order valence-electron chi connectivity index (χ1n) is 7.43. The van der Waals surface area contributed by atoms with Crippen molar-refractivity contribution < 1.29 is 8.42 Å². The van der Waals surface area contributed by atoms with E-state index in [0.717, 1.165) is 13.0 Å². The molecule has 0 heterocycles. The lowest BCUT2D eigenvalue weighted by Gasteiger charge is -2.34. The maximum Gasteiger partial charge on any atom is 0.152 e. The van der Waals surface area contributed by atoms with E-state index in [1.807, 2.05) is 0 Å². The van der Waals surface area contributed by atoms with Crippen molar-refractivity contribution >= 4 is 9.84 Å². The molecule has 0 bridgehead atoms. The maximum atomic E-state index is 12.0. The third-order valence-electron chi connectivity index (χ3n) is 4.26. The summed E-state index contributed by atoms with van der Waals surface area (Å²) in [6, 6.07) is 0. The van der Waals surface area contributed by atoms with Gasteiger partial charge in [0.2, 0.25) is 0 Å². The Bertz CT molecular complexity index is 391. The van der Waals surface area contributed by atoms with E-state index in [0.29, 0.717) is 11.7 Å². The highest BCUT2D eigenvalue weighted by molar-refractivity contribution is 7.91. The van der Waals surface area contributed by atoms with Crippen molar-refractivity contribution in [1.82, 2.24) is 5.32 Å². The highest BCUT2D eigenvalue weighted by atomic mass is 32.2. The van der Waals surface area contributed by atoms with E-state index in [2.05, 4.69) is 33.0 Å². The molecule has 0 radical (unpaired) electrons. The van der Waals surface area contributed by atoms with Crippen molar-refractivity contribution in [3.8, 4) is 0 Å². The van der Waals surface area contributed by atoms with Gasteiger partial charge in [0.1, 0.15) is 0 Å². The lowest BCUT2D eigenvalue weighted by Crippen LogP contribution is -2.44. The van der Waals surface area contributed by atoms with Crippen molar-refractivity contribution in [3.63, 3.8) is 0 Å². The summed E-state index contributed by atoms with van der Waals surface area (Å²) in [7, 11) is -2.92. The Hall–Kier alpha value is -0.0900. The molecule has 0 saturated heterocycles. The van der Waals surface area contributed by atoms with Gasteiger partial charge in [0.25, 0.3) is 0 Å². The maximum absolute atomic E-state index is 12.0. The van der Waals surface area contributed by atoms with Crippen molar-refractivity contribution in [1.29, 1.82) is 0 Å². The smallest absolute Gasteiger partial charge is 0.152 e. The van der Waals surface area contributed by atoms with Crippen LogP contribution in [0.5, 0.6) is 0 Å². The summed E-state index contributed by atoms with van der Waals surface area (Å²) < 4.78 is 24.0. The molecule has 0 spiro atoms. The Labute approximate surface area is 119 Å². The van der Waals surface area contributed by atoms with Gasteiger partial charge in [0, 0.05) is 12.1 Å². The van der Waals surface area contributed by atoms with Gasteiger partial charge in [-0.2, -0.15) is 0 Å². The fourth-order valence-corrected chi connectivity index (χ4v) is 3.52. The van der Waals surface area contributed by atoms with Gasteiger partial charge in [-0.25, -0.2) is 8.42 Å². The highest BCUT2D eigenvalue weighted by Crippen LogP contribution is 2.47. The first-order valence-corrected chi connectivity index (χ1v) is 9.14. The largest absolute Gasteiger partial charge is 0.312 e. The van der Waals surface area contributed by atoms with Crippen LogP contribution in [0.2, 0.25) is 0 Å². The van der Waals surface area contributed by atoms with Crippen LogP contribution >= 0.6 is 0 Å². The van der Waals surface area contributed by atoms with Crippen LogP contribution in [0, 0.1) is 11.3 Å². The number of nitrogens with one attached hydrogen (secondary N) is 1. The van der Waals surface area contributed by atoms with E-state index in [9.17, 15) is 8.42 Å². The molecule has 0 aromatic carbocycles. The Morgan fingerprint density at radius 3 is 2.05 bits per heavy atom. The van der Waals surface area contributed by atoms with Gasteiger partial charge < -0.3 is 5.32 Å². The standard InChI is InChI=1S/C15H31NO2S/c1-12(2)19(17,18)10-9-15(6,13-7-8-13)11-16-14(3,4)5/h12-13,16H,7-11H2,1-6H3. The molecule has 114 valence electrons. The molecule has 1 unspecified atom stereocenters. The molecule has 1 atom stereocenters. The Balaban J connectivity index is 2.62. The molecule has 0 aromatic heterocycles. The molecule has 4 heteroatoms. The molecular formula is C15H31NO2S. The monoisotopic (exact) mass is 289 g/mol. The van der Waals surface area contributed by atoms with Crippen LogP contribution in [0.1, 0.15) is 60.8 Å². The summed E-state index contributed by atoms with van der Waals surface area (Å²) >= 11 is 0. The highest BCUT2D eigenvalue weighted by Gasteiger charge is 2.42. The Kier molecular flexibility index (Phi) is 5.11. The first kappa shape index (κ1) is 17.0. The fourth-order valence-electron chi connectivity index (χ4n) is 2.30. The summed E-state index contributed by atoms with van der Waals surface area (Å²) in [4.78, 5) is 0. The second-order valence-electron chi connectivity index (χ2n) is 7.70. The molecule has 0 amide bonds. The third kappa shape index (κ3) is 5.42. The van der Waals surface area contributed by atoms with Gasteiger partial charge in [0.15, 0.2) is 9.84 Å². The minimum Gasteiger partial charge on any atom is -0.312 e. The van der Waals surface area contributed by atoms with Crippen LogP contribution in [-0.2, 0) is 9.84 Å². The molecule has 19 heavy (non-hydrogen) atoms. The van der Waals surface area contributed by atoms with Crippen molar-refractivity contribution in [3.05, 3.63) is 0 Å². The average Bonchev–Trinajstić information content (AvgIpc) is 3.06. The van der Waals surface area contributed by atoms with Gasteiger partial charge in [-0.1, -0.05) is 6.92 Å². The summed E-state index contributed by atoms with van der Waals surface area (Å²) in [6.45, 7) is 13.2. The van der Waals surface area contributed by atoms with Crippen LogP contribution in [0.15, 0.2) is 0 Å². The summed E-state index contributed by atoms with van der Waals surface area (Å²) in [5.41, 5.74) is 0.211.